The Balaban J connectivity index is 1.58. The van der Waals surface area contributed by atoms with Crippen molar-refractivity contribution in [2.75, 3.05) is 11.9 Å². The number of nitrogens with one attached hydrogen (secondary N) is 3. The maximum Gasteiger partial charge on any atom is 0.289 e. The molecule has 1 aliphatic carbocycles. The van der Waals surface area contributed by atoms with E-state index >= 15 is 0 Å². The highest BCUT2D eigenvalue weighted by atomic mass is 16.2. The second-order valence-electron chi connectivity index (χ2n) is 9.47. The van der Waals surface area contributed by atoms with Crippen LogP contribution in [0.25, 0.3) is 10.9 Å². The fourth-order valence-electron chi connectivity index (χ4n) is 4.81. The molecule has 1 unspecified atom stereocenters. The minimum Gasteiger partial charge on any atom is -0.365 e. The van der Waals surface area contributed by atoms with Crippen molar-refractivity contribution in [1.29, 1.82) is 0 Å². The lowest BCUT2D eigenvalue weighted by molar-refractivity contribution is 0.0943. The highest BCUT2D eigenvalue weighted by Crippen LogP contribution is 2.27. The van der Waals surface area contributed by atoms with Crippen molar-refractivity contribution in [1.82, 2.24) is 20.6 Å². The summed E-state index contributed by atoms with van der Waals surface area (Å²) in [5.74, 6) is 0.783. The second-order valence-corrected chi connectivity index (χ2v) is 9.47. The number of fused-ring (bicyclic) bond motifs is 1. The monoisotopic (exact) mass is 450 g/mol. The van der Waals surface area contributed by atoms with Gasteiger partial charge in [0.15, 0.2) is 0 Å². The molecule has 0 radical (unpaired) electrons. The molecule has 1 aromatic heterocycles. The Labute approximate surface area is 197 Å². The van der Waals surface area contributed by atoms with Crippen LogP contribution >= 0.6 is 0 Å². The van der Waals surface area contributed by atoms with E-state index in [2.05, 4.69) is 47.1 Å². The number of nitrogens with zero attached hydrogens (tertiary/aromatic N) is 3. The fourth-order valence-corrected chi connectivity index (χ4v) is 4.81. The van der Waals surface area contributed by atoms with Gasteiger partial charge in [0.25, 0.3) is 5.91 Å². The molecule has 1 fully saturated rings. The Morgan fingerprint density at radius 3 is 2.73 bits per heavy atom. The molecule has 33 heavy (non-hydrogen) atoms. The molecule has 2 aliphatic rings. The van der Waals surface area contributed by atoms with Crippen molar-refractivity contribution < 1.29 is 4.79 Å². The first-order valence-electron chi connectivity index (χ1n) is 12.7. The van der Waals surface area contributed by atoms with Crippen LogP contribution in [0.5, 0.6) is 0 Å². The maximum absolute atomic E-state index is 12.7. The Bertz CT molecular complexity index is 975. The predicted octanol–water partition coefficient (Wildman–Crippen LogP) is 4.75. The topological polar surface area (TPSA) is 91.3 Å². The van der Waals surface area contributed by atoms with Gasteiger partial charge in [-0.05, 0) is 64.0 Å². The number of hydrogen-bond acceptors (Lipinski definition) is 6. The summed E-state index contributed by atoms with van der Waals surface area (Å²) in [5.41, 5.74) is 1.95. The largest absolute Gasteiger partial charge is 0.365 e. The average molecular weight is 451 g/mol. The first kappa shape index (κ1) is 23.6. The van der Waals surface area contributed by atoms with E-state index < -0.39 is 0 Å². The van der Waals surface area contributed by atoms with Crippen LogP contribution in [-0.4, -0.2) is 46.9 Å². The van der Waals surface area contributed by atoms with Crippen LogP contribution < -0.4 is 16.0 Å². The Morgan fingerprint density at radius 2 is 1.88 bits per heavy atom. The molecule has 7 heteroatoms. The number of anilines is 1. The van der Waals surface area contributed by atoms with Crippen LogP contribution in [0.1, 0.15) is 87.3 Å². The van der Waals surface area contributed by atoms with Gasteiger partial charge in [-0.15, -0.1) is 0 Å². The second kappa shape index (κ2) is 11.5. The first-order chi connectivity index (χ1) is 16.1. The minimum atomic E-state index is -0.208. The van der Waals surface area contributed by atoms with E-state index in [9.17, 15) is 4.79 Å². The molecule has 1 aromatic carbocycles. The summed E-state index contributed by atoms with van der Waals surface area (Å²) in [4.78, 5) is 26.8. The van der Waals surface area contributed by atoms with E-state index in [4.69, 9.17) is 9.98 Å². The third kappa shape index (κ3) is 6.28. The van der Waals surface area contributed by atoms with Gasteiger partial charge in [-0.3, -0.25) is 15.1 Å². The van der Waals surface area contributed by atoms with Gasteiger partial charge >= 0.3 is 0 Å². The predicted molar refractivity (Wildman–Crippen MR) is 135 cm³/mol. The Kier molecular flexibility index (Phi) is 8.26. The molecular weight excluding hydrogens is 412 g/mol. The number of carbonyl (C=O) groups is 1. The van der Waals surface area contributed by atoms with E-state index in [0.717, 1.165) is 60.8 Å². The lowest BCUT2D eigenvalue weighted by Gasteiger charge is -2.35. The van der Waals surface area contributed by atoms with Crippen molar-refractivity contribution in [2.45, 2.75) is 96.3 Å². The summed E-state index contributed by atoms with van der Waals surface area (Å²) < 4.78 is 0. The molecule has 0 saturated heterocycles. The highest BCUT2D eigenvalue weighted by Gasteiger charge is 2.28. The van der Waals surface area contributed by atoms with Gasteiger partial charge in [0.05, 0.1) is 11.7 Å². The first-order valence-corrected chi connectivity index (χ1v) is 12.7. The van der Waals surface area contributed by atoms with Gasteiger partial charge in [-0.2, -0.15) is 0 Å². The number of unbranched alkanes of at least 4 members (excludes halogenated alkanes) is 1. The summed E-state index contributed by atoms with van der Waals surface area (Å²) in [6.45, 7) is 4.82. The van der Waals surface area contributed by atoms with Crippen molar-refractivity contribution in [3.63, 3.8) is 0 Å². The summed E-state index contributed by atoms with van der Waals surface area (Å²) in [7, 11) is 0. The summed E-state index contributed by atoms with van der Waals surface area (Å²) in [6.07, 6.45) is 13.5. The SMILES string of the molecule is CCCCNC(=O)c1nc(N[C@H]2CCCC[C@H]2NC2CCCCC=N2)c2cc(C)ccc2n1. The maximum atomic E-state index is 12.7. The van der Waals surface area contributed by atoms with Gasteiger partial charge in [0.1, 0.15) is 5.82 Å². The van der Waals surface area contributed by atoms with Crippen molar-refractivity contribution in [3.8, 4) is 0 Å². The summed E-state index contributed by atoms with van der Waals surface area (Å²) in [5, 5.41) is 11.5. The molecule has 2 heterocycles. The van der Waals surface area contributed by atoms with Gasteiger partial charge in [-0.1, -0.05) is 37.8 Å². The van der Waals surface area contributed by atoms with E-state index in [1.165, 1.54) is 25.7 Å². The third-order valence-electron chi connectivity index (χ3n) is 6.71. The van der Waals surface area contributed by atoms with Crippen LogP contribution in [0.3, 0.4) is 0 Å². The molecule has 0 spiro atoms. The Hall–Kier alpha value is -2.54. The molecule has 3 atom stereocenters. The number of benzene rings is 1. The number of hydrogen-bond donors (Lipinski definition) is 3. The van der Waals surface area contributed by atoms with Crippen LogP contribution in [0, 0.1) is 6.92 Å². The van der Waals surface area contributed by atoms with E-state index in [0.29, 0.717) is 12.6 Å². The molecule has 1 saturated carbocycles. The number of rotatable bonds is 8. The van der Waals surface area contributed by atoms with E-state index in [-0.39, 0.29) is 23.9 Å². The molecule has 1 aliphatic heterocycles. The average Bonchev–Trinajstić information content (AvgIpc) is 3.09. The molecule has 2 aromatic rings. The molecular formula is C26H38N6O. The van der Waals surface area contributed by atoms with Crippen LogP contribution in [-0.2, 0) is 0 Å². The zero-order valence-corrected chi connectivity index (χ0v) is 20.1. The molecule has 0 bridgehead atoms. The van der Waals surface area contributed by atoms with Crippen LogP contribution in [0.15, 0.2) is 23.2 Å². The molecule has 3 N–H and O–H groups in total. The van der Waals surface area contributed by atoms with Crippen LogP contribution in [0.2, 0.25) is 0 Å². The van der Waals surface area contributed by atoms with E-state index in [1.807, 2.05) is 12.1 Å². The number of aromatic nitrogens is 2. The van der Waals surface area contributed by atoms with Crippen molar-refractivity contribution >= 4 is 28.8 Å². The van der Waals surface area contributed by atoms with Gasteiger partial charge in [-0.25, -0.2) is 9.97 Å². The van der Waals surface area contributed by atoms with E-state index in [1.54, 1.807) is 0 Å². The number of carbonyl (C=O) groups excluding carboxylic acids is 1. The number of amides is 1. The number of aryl methyl sites for hydroxylation is 1. The molecule has 1 amide bonds. The quantitative estimate of drug-likeness (QED) is 0.505. The minimum absolute atomic E-state index is 0.198. The summed E-state index contributed by atoms with van der Waals surface area (Å²) in [6, 6.07) is 6.70. The van der Waals surface area contributed by atoms with Crippen molar-refractivity contribution in [3.05, 3.63) is 29.6 Å². The Morgan fingerprint density at radius 1 is 1.06 bits per heavy atom. The normalized spacial score (nSPS) is 23.3. The third-order valence-corrected chi connectivity index (χ3v) is 6.71. The van der Waals surface area contributed by atoms with Crippen molar-refractivity contribution in [2.24, 2.45) is 4.99 Å². The number of aliphatic imine (C=N–C) groups is 1. The highest BCUT2D eigenvalue weighted by molar-refractivity contribution is 5.96. The lowest BCUT2D eigenvalue weighted by Crippen LogP contribution is -2.49. The molecule has 178 valence electrons. The zero-order valence-electron chi connectivity index (χ0n) is 20.1. The summed E-state index contributed by atoms with van der Waals surface area (Å²) >= 11 is 0. The molecule has 4 rings (SSSR count). The fraction of sp³-hybridized carbons (Fsp3) is 0.615. The smallest absolute Gasteiger partial charge is 0.289 e. The van der Waals surface area contributed by atoms with Gasteiger partial charge in [0.2, 0.25) is 5.82 Å². The van der Waals surface area contributed by atoms with Gasteiger partial charge < -0.3 is 10.6 Å². The van der Waals surface area contributed by atoms with Crippen LogP contribution in [0.4, 0.5) is 5.82 Å². The molecule has 7 nitrogen and oxygen atoms in total. The lowest BCUT2D eigenvalue weighted by atomic mass is 9.89. The standard InChI is InChI=1S/C26H38N6O/c1-3-4-15-28-26(33)25-30-20-14-13-18(2)17-19(20)24(32-25)31-22-11-8-7-10-21(22)29-23-12-6-5-9-16-27-23/h13-14,16-17,21-23,29H,3-12,15H2,1-2H3,(H,28,33)(H,30,31,32)/t21-,22+,23?/m1/s1. The van der Waals surface area contributed by atoms with Gasteiger partial charge in [0, 0.05) is 30.2 Å². The zero-order chi connectivity index (χ0) is 23.0.